The van der Waals surface area contributed by atoms with Gasteiger partial charge in [-0.3, -0.25) is 0 Å². The fourth-order valence-electron chi connectivity index (χ4n) is 1.31. The predicted molar refractivity (Wildman–Crippen MR) is 68.8 cm³/mol. The summed E-state index contributed by atoms with van der Waals surface area (Å²) in [5.41, 5.74) is -0.721. The third kappa shape index (κ3) is 5.25. The van der Waals surface area contributed by atoms with Crippen molar-refractivity contribution in [3.8, 4) is 0 Å². The largest absolute Gasteiger partial charge is 0.480 e. The quantitative estimate of drug-likeness (QED) is 0.892. The number of aliphatic carboxylic acids is 1. The number of amides is 1. The molecule has 5 nitrogen and oxygen atoms in total. The molecule has 1 atom stereocenters. The molecule has 19 heavy (non-hydrogen) atoms. The number of thiophene rings is 1. The number of alkyl carbamates (subject to hydrolysis) is 1. The first-order chi connectivity index (χ1) is 8.69. The van der Waals surface area contributed by atoms with Gasteiger partial charge >= 0.3 is 12.1 Å². The number of hydrogen-bond acceptors (Lipinski definition) is 4. The monoisotopic (exact) mass is 289 g/mol. The van der Waals surface area contributed by atoms with E-state index in [0.29, 0.717) is 0 Å². The Morgan fingerprint density at radius 2 is 2.16 bits per heavy atom. The molecule has 0 spiro atoms. The Hall–Kier alpha value is -1.63. The van der Waals surface area contributed by atoms with Crippen molar-refractivity contribution in [1.29, 1.82) is 0 Å². The van der Waals surface area contributed by atoms with Crippen molar-refractivity contribution in [2.45, 2.75) is 38.8 Å². The molecule has 0 saturated heterocycles. The lowest BCUT2D eigenvalue weighted by Gasteiger charge is -2.21. The van der Waals surface area contributed by atoms with E-state index in [0.717, 1.165) is 11.3 Å². The molecule has 1 amide bonds. The van der Waals surface area contributed by atoms with E-state index in [-0.39, 0.29) is 11.3 Å². The second-order valence-electron chi connectivity index (χ2n) is 4.93. The first-order valence-corrected chi connectivity index (χ1v) is 6.51. The Balaban J connectivity index is 2.67. The van der Waals surface area contributed by atoms with E-state index in [9.17, 15) is 14.0 Å². The highest BCUT2D eigenvalue weighted by atomic mass is 32.1. The predicted octanol–water partition coefficient (Wildman–Crippen LogP) is 2.41. The van der Waals surface area contributed by atoms with E-state index in [1.54, 1.807) is 20.8 Å². The molecule has 1 aromatic heterocycles. The van der Waals surface area contributed by atoms with Gasteiger partial charge in [-0.1, -0.05) is 0 Å². The molecule has 0 aliphatic heterocycles. The van der Waals surface area contributed by atoms with Gasteiger partial charge < -0.3 is 15.2 Å². The van der Waals surface area contributed by atoms with Crippen LogP contribution < -0.4 is 5.32 Å². The van der Waals surface area contributed by atoms with Crippen LogP contribution in [0.1, 0.15) is 25.6 Å². The molecule has 0 aliphatic rings. The molecule has 0 fully saturated rings. The fraction of sp³-hybridized carbons (Fsp3) is 0.500. The minimum atomic E-state index is -1.24. The van der Waals surface area contributed by atoms with Crippen molar-refractivity contribution in [2.75, 3.05) is 0 Å². The van der Waals surface area contributed by atoms with Gasteiger partial charge in [-0.25, -0.2) is 14.0 Å². The van der Waals surface area contributed by atoms with Gasteiger partial charge in [-0.05, 0) is 32.2 Å². The maximum Gasteiger partial charge on any atom is 0.408 e. The second kappa shape index (κ2) is 6.01. The third-order valence-electron chi connectivity index (χ3n) is 2.07. The number of rotatable bonds is 4. The lowest BCUT2D eigenvalue weighted by molar-refractivity contribution is -0.139. The molecule has 0 aromatic carbocycles. The minimum absolute atomic E-state index is 0.113. The Morgan fingerprint density at radius 1 is 1.53 bits per heavy atom. The van der Waals surface area contributed by atoms with Crippen molar-refractivity contribution in [1.82, 2.24) is 5.32 Å². The van der Waals surface area contributed by atoms with Crippen molar-refractivity contribution >= 4 is 23.4 Å². The van der Waals surface area contributed by atoms with Gasteiger partial charge in [0, 0.05) is 11.3 Å². The minimum Gasteiger partial charge on any atom is -0.480 e. The van der Waals surface area contributed by atoms with Gasteiger partial charge in [0.25, 0.3) is 0 Å². The summed E-state index contributed by atoms with van der Waals surface area (Å²) in [6, 6.07) is 0.0369. The van der Waals surface area contributed by atoms with Crippen molar-refractivity contribution in [2.24, 2.45) is 0 Å². The zero-order valence-electron chi connectivity index (χ0n) is 10.9. The zero-order valence-corrected chi connectivity index (χ0v) is 11.7. The molecular formula is C12H16FNO4S. The number of carbonyl (C=O) groups is 2. The summed E-state index contributed by atoms with van der Waals surface area (Å²) in [4.78, 5) is 22.8. The smallest absolute Gasteiger partial charge is 0.408 e. The zero-order chi connectivity index (χ0) is 14.6. The van der Waals surface area contributed by atoms with Gasteiger partial charge in [0.2, 0.25) is 0 Å². The maximum atomic E-state index is 13.3. The van der Waals surface area contributed by atoms with E-state index in [1.165, 1.54) is 11.4 Å². The van der Waals surface area contributed by atoms with E-state index >= 15 is 0 Å². The summed E-state index contributed by atoms with van der Waals surface area (Å²) in [5.74, 6) is -1.71. The van der Waals surface area contributed by atoms with Crippen LogP contribution in [-0.4, -0.2) is 28.8 Å². The number of carboxylic acids is 1. The molecule has 1 heterocycles. The van der Waals surface area contributed by atoms with Crippen molar-refractivity contribution in [3.63, 3.8) is 0 Å². The van der Waals surface area contributed by atoms with Crippen LogP contribution in [0.2, 0.25) is 0 Å². The number of nitrogens with one attached hydrogen (secondary N) is 1. The third-order valence-corrected chi connectivity index (χ3v) is 2.99. The summed E-state index contributed by atoms with van der Waals surface area (Å²) >= 11 is 1.11. The average molecular weight is 289 g/mol. The van der Waals surface area contributed by atoms with Crippen molar-refractivity contribution < 1.29 is 23.8 Å². The van der Waals surface area contributed by atoms with E-state index in [4.69, 9.17) is 9.84 Å². The fourth-order valence-corrected chi connectivity index (χ4v) is 2.10. The highest BCUT2D eigenvalue weighted by Gasteiger charge is 2.25. The molecule has 1 rings (SSSR count). The van der Waals surface area contributed by atoms with Gasteiger partial charge in [0.15, 0.2) is 0 Å². The van der Waals surface area contributed by atoms with Gasteiger partial charge in [0.05, 0.1) is 0 Å². The van der Waals surface area contributed by atoms with E-state index in [1.807, 2.05) is 0 Å². The van der Waals surface area contributed by atoms with Gasteiger partial charge in [-0.2, -0.15) is 0 Å². The number of carbonyl (C=O) groups excluding carboxylic acids is 1. The van der Waals surface area contributed by atoms with E-state index in [2.05, 4.69) is 5.32 Å². The Labute approximate surface area is 114 Å². The highest BCUT2D eigenvalue weighted by Crippen LogP contribution is 2.17. The maximum absolute atomic E-state index is 13.3. The first-order valence-electron chi connectivity index (χ1n) is 5.63. The standard InChI is InChI=1S/C12H16FNO4S/c1-12(2,3)18-11(17)14-8(10(15)16)6-9-7(13)4-5-19-9/h4-5,8H,6H2,1-3H3,(H,14,17)(H,15,16)/t8-/m0/s1. The number of halogens is 1. The van der Waals surface area contributed by atoms with Crippen LogP contribution in [0.25, 0.3) is 0 Å². The van der Waals surface area contributed by atoms with Crippen LogP contribution in [0.4, 0.5) is 9.18 Å². The molecule has 0 radical (unpaired) electrons. The van der Waals surface area contributed by atoms with E-state index < -0.39 is 29.5 Å². The highest BCUT2D eigenvalue weighted by molar-refractivity contribution is 7.09. The molecule has 1 aromatic rings. The molecule has 0 aliphatic carbocycles. The molecular weight excluding hydrogens is 273 g/mol. The lowest BCUT2D eigenvalue weighted by atomic mass is 10.2. The summed E-state index contributed by atoms with van der Waals surface area (Å²) < 4.78 is 18.2. The normalized spacial score (nSPS) is 12.8. The van der Waals surface area contributed by atoms with Crippen LogP contribution in [0, 0.1) is 5.82 Å². The Kier molecular flexibility index (Phi) is 4.88. The average Bonchev–Trinajstić information content (AvgIpc) is 2.60. The molecule has 7 heteroatoms. The number of hydrogen-bond donors (Lipinski definition) is 2. The van der Waals surface area contributed by atoms with Gasteiger partial charge in [0.1, 0.15) is 17.5 Å². The summed E-state index contributed by atoms with van der Waals surface area (Å²) in [5, 5.41) is 12.8. The van der Waals surface area contributed by atoms with Crippen LogP contribution >= 0.6 is 11.3 Å². The van der Waals surface area contributed by atoms with Crippen LogP contribution in [0.15, 0.2) is 11.4 Å². The molecule has 0 saturated carbocycles. The van der Waals surface area contributed by atoms with Gasteiger partial charge in [-0.15, -0.1) is 11.3 Å². The van der Waals surface area contributed by atoms with Crippen LogP contribution in [-0.2, 0) is 16.0 Å². The molecule has 106 valence electrons. The molecule has 2 N–H and O–H groups in total. The summed E-state index contributed by atoms with van der Waals surface area (Å²) in [6.45, 7) is 5.00. The Morgan fingerprint density at radius 3 is 2.58 bits per heavy atom. The molecule has 0 bridgehead atoms. The lowest BCUT2D eigenvalue weighted by Crippen LogP contribution is -2.44. The summed E-state index contributed by atoms with van der Waals surface area (Å²) in [7, 11) is 0. The summed E-state index contributed by atoms with van der Waals surface area (Å²) in [6.07, 6.45) is -0.949. The SMILES string of the molecule is CC(C)(C)OC(=O)N[C@@H](Cc1sccc1F)C(=O)O. The van der Waals surface area contributed by atoms with Crippen LogP contribution in [0.3, 0.4) is 0 Å². The first kappa shape index (κ1) is 15.4. The Bertz CT molecular complexity index is 467. The van der Waals surface area contributed by atoms with Crippen LogP contribution in [0.5, 0.6) is 0 Å². The van der Waals surface area contributed by atoms with Crippen molar-refractivity contribution in [3.05, 3.63) is 22.1 Å². The number of ether oxygens (including phenoxy) is 1. The topological polar surface area (TPSA) is 75.6 Å². The second-order valence-corrected chi connectivity index (χ2v) is 5.93. The molecule has 0 unspecified atom stereocenters. The number of carboxylic acid groups (broad SMARTS) is 1.